The third kappa shape index (κ3) is 3.44. The molecule has 0 saturated carbocycles. The molecule has 2 nitrogen and oxygen atoms in total. The molecule has 114 valence electrons. The zero-order valence-corrected chi connectivity index (χ0v) is 12.2. The van der Waals surface area contributed by atoms with Gasteiger partial charge in [0.05, 0.1) is 5.57 Å². The van der Waals surface area contributed by atoms with Crippen molar-refractivity contribution in [1.29, 1.82) is 0 Å². The Labute approximate surface area is 118 Å². The molecule has 0 bridgehead atoms. The van der Waals surface area contributed by atoms with Crippen molar-refractivity contribution in [2.75, 3.05) is 32.7 Å². The molecule has 0 N–H and O–H groups in total. The van der Waals surface area contributed by atoms with Crippen LogP contribution in [0.3, 0.4) is 0 Å². The summed E-state index contributed by atoms with van der Waals surface area (Å²) in [6.45, 7) is 8.52. The van der Waals surface area contributed by atoms with Crippen molar-refractivity contribution in [3.63, 3.8) is 0 Å². The summed E-state index contributed by atoms with van der Waals surface area (Å²) in [5.41, 5.74) is 0.0219. The van der Waals surface area contributed by atoms with Crippen molar-refractivity contribution in [2.45, 2.75) is 38.9 Å². The van der Waals surface area contributed by atoms with Crippen LogP contribution in [-0.4, -0.2) is 54.7 Å². The van der Waals surface area contributed by atoms with Gasteiger partial charge in [-0.05, 0) is 31.9 Å². The van der Waals surface area contributed by atoms with Crippen molar-refractivity contribution < 1.29 is 13.2 Å². The number of hydrogen-bond donors (Lipinski definition) is 0. The molecule has 1 fully saturated rings. The molecule has 20 heavy (non-hydrogen) atoms. The lowest BCUT2D eigenvalue weighted by molar-refractivity contribution is -0.0900. The first kappa shape index (κ1) is 15.6. The van der Waals surface area contributed by atoms with Crippen LogP contribution in [0.15, 0.2) is 23.3 Å². The van der Waals surface area contributed by atoms with Gasteiger partial charge in [-0.25, -0.2) is 0 Å². The summed E-state index contributed by atoms with van der Waals surface area (Å²) in [7, 11) is 0. The second-order valence-electron chi connectivity index (χ2n) is 5.63. The average molecular weight is 288 g/mol. The predicted molar refractivity (Wildman–Crippen MR) is 74.6 cm³/mol. The fourth-order valence-corrected chi connectivity index (χ4v) is 3.16. The van der Waals surface area contributed by atoms with Crippen LogP contribution in [0.25, 0.3) is 0 Å². The Morgan fingerprint density at radius 2 is 1.85 bits per heavy atom. The Morgan fingerprint density at radius 1 is 1.20 bits per heavy atom. The van der Waals surface area contributed by atoms with Crippen molar-refractivity contribution in [2.24, 2.45) is 0 Å². The molecular weight excluding hydrogens is 265 g/mol. The number of nitrogens with zero attached hydrogens (tertiary/aromatic N) is 2. The van der Waals surface area contributed by atoms with Crippen molar-refractivity contribution >= 4 is 0 Å². The summed E-state index contributed by atoms with van der Waals surface area (Å²) < 4.78 is 38.9. The van der Waals surface area contributed by atoms with Crippen molar-refractivity contribution in [3.05, 3.63) is 23.3 Å². The lowest BCUT2D eigenvalue weighted by Crippen LogP contribution is -2.51. The van der Waals surface area contributed by atoms with Crippen LogP contribution in [0, 0.1) is 0 Å². The minimum atomic E-state index is -4.23. The van der Waals surface area contributed by atoms with Crippen molar-refractivity contribution in [3.8, 4) is 0 Å². The molecule has 0 aromatic rings. The number of piperazine rings is 1. The normalized spacial score (nSPS) is 26.4. The van der Waals surface area contributed by atoms with E-state index in [9.17, 15) is 13.2 Å². The highest BCUT2D eigenvalue weighted by atomic mass is 19.4. The molecular formula is C15H23F3N2. The Bertz CT molecular complexity index is 390. The van der Waals surface area contributed by atoms with Gasteiger partial charge in [0, 0.05) is 32.2 Å². The van der Waals surface area contributed by atoms with E-state index in [4.69, 9.17) is 0 Å². The third-order valence-electron chi connectivity index (χ3n) is 4.26. The van der Waals surface area contributed by atoms with Crippen LogP contribution in [0.4, 0.5) is 13.2 Å². The van der Waals surface area contributed by atoms with Crippen LogP contribution in [-0.2, 0) is 0 Å². The predicted octanol–water partition coefficient (Wildman–Crippen LogP) is 3.22. The molecule has 1 heterocycles. The van der Waals surface area contributed by atoms with Crippen molar-refractivity contribution in [1.82, 2.24) is 9.80 Å². The molecule has 0 aromatic heterocycles. The molecule has 5 heteroatoms. The molecule has 1 aliphatic heterocycles. The quantitative estimate of drug-likeness (QED) is 0.787. The maximum absolute atomic E-state index is 13.0. The molecule has 0 amide bonds. The Kier molecular flexibility index (Phi) is 4.91. The monoisotopic (exact) mass is 288 g/mol. The maximum Gasteiger partial charge on any atom is 0.416 e. The van der Waals surface area contributed by atoms with Crippen LogP contribution in [0.5, 0.6) is 0 Å². The molecule has 1 unspecified atom stereocenters. The molecule has 0 spiro atoms. The standard InChI is InChI=1S/C15H23F3N2/c1-3-7-19-8-10-20(11-9-19)14-6-4-5-13(12(14)2)15(16,17)18/h4-5,14H,3,6-11H2,1-2H3. The second kappa shape index (κ2) is 6.31. The summed E-state index contributed by atoms with van der Waals surface area (Å²) in [5.74, 6) is 0. The number of rotatable bonds is 3. The van der Waals surface area contributed by atoms with Gasteiger partial charge < -0.3 is 4.90 Å². The van der Waals surface area contributed by atoms with Gasteiger partial charge in [0.2, 0.25) is 0 Å². The number of hydrogen-bond acceptors (Lipinski definition) is 2. The smallest absolute Gasteiger partial charge is 0.301 e. The van der Waals surface area contributed by atoms with Gasteiger partial charge in [0.25, 0.3) is 0 Å². The highest BCUT2D eigenvalue weighted by molar-refractivity contribution is 5.36. The molecule has 0 aromatic carbocycles. The van der Waals surface area contributed by atoms with Gasteiger partial charge >= 0.3 is 6.18 Å². The first-order valence-electron chi connectivity index (χ1n) is 7.34. The minimum absolute atomic E-state index is 0.0830. The fraction of sp³-hybridized carbons (Fsp3) is 0.733. The van der Waals surface area contributed by atoms with E-state index in [1.54, 1.807) is 13.0 Å². The number of allylic oxidation sites excluding steroid dienone is 2. The second-order valence-corrected chi connectivity index (χ2v) is 5.63. The molecule has 1 aliphatic carbocycles. The zero-order chi connectivity index (χ0) is 14.8. The highest BCUT2D eigenvalue weighted by Crippen LogP contribution is 2.35. The number of alkyl halides is 3. The molecule has 2 rings (SSSR count). The SMILES string of the molecule is CCCN1CCN(C2CC=CC(C(F)(F)F)=C2C)CC1. The van der Waals surface area contributed by atoms with Crippen LogP contribution in [0.1, 0.15) is 26.7 Å². The first-order chi connectivity index (χ1) is 9.43. The van der Waals surface area contributed by atoms with Gasteiger partial charge in [0.1, 0.15) is 0 Å². The lowest BCUT2D eigenvalue weighted by atomic mass is 9.92. The van der Waals surface area contributed by atoms with Gasteiger partial charge in [-0.1, -0.05) is 19.1 Å². The molecule has 2 aliphatic rings. The van der Waals surface area contributed by atoms with E-state index in [2.05, 4.69) is 16.7 Å². The van der Waals surface area contributed by atoms with E-state index in [0.717, 1.165) is 39.1 Å². The van der Waals surface area contributed by atoms with Crippen LogP contribution >= 0.6 is 0 Å². The van der Waals surface area contributed by atoms with E-state index in [1.165, 1.54) is 6.08 Å². The van der Waals surface area contributed by atoms with Crippen LogP contribution in [0.2, 0.25) is 0 Å². The van der Waals surface area contributed by atoms with Gasteiger partial charge in [0.15, 0.2) is 0 Å². The van der Waals surface area contributed by atoms with E-state index >= 15 is 0 Å². The molecule has 1 atom stereocenters. The summed E-state index contributed by atoms with van der Waals surface area (Å²) in [4.78, 5) is 4.59. The van der Waals surface area contributed by atoms with E-state index in [0.29, 0.717) is 12.0 Å². The summed E-state index contributed by atoms with van der Waals surface area (Å²) in [6.07, 6.45) is 0.490. The van der Waals surface area contributed by atoms with Gasteiger partial charge in [-0.15, -0.1) is 0 Å². The van der Waals surface area contributed by atoms with E-state index in [1.807, 2.05) is 0 Å². The minimum Gasteiger partial charge on any atom is -0.301 e. The highest BCUT2D eigenvalue weighted by Gasteiger charge is 2.37. The summed E-state index contributed by atoms with van der Waals surface area (Å²) >= 11 is 0. The summed E-state index contributed by atoms with van der Waals surface area (Å²) in [6, 6.07) is -0.0830. The third-order valence-corrected chi connectivity index (χ3v) is 4.26. The molecule has 1 saturated heterocycles. The zero-order valence-electron chi connectivity index (χ0n) is 12.2. The van der Waals surface area contributed by atoms with Gasteiger partial charge in [-0.2, -0.15) is 13.2 Å². The van der Waals surface area contributed by atoms with Gasteiger partial charge in [-0.3, -0.25) is 4.90 Å². The summed E-state index contributed by atoms with van der Waals surface area (Å²) in [5, 5.41) is 0. The maximum atomic E-state index is 13.0. The van der Waals surface area contributed by atoms with E-state index < -0.39 is 11.7 Å². The topological polar surface area (TPSA) is 6.48 Å². The Balaban J connectivity index is 2.04. The average Bonchev–Trinajstić information content (AvgIpc) is 2.39. The Morgan fingerprint density at radius 3 is 2.40 bits per heavy atom. The van der Waals surface area contributed by atoms with Crippen LogP contribution < -0.4 is 0 Å². The first-order valence-corrected chi connectivity index (χ1v) is 7.34. The number of halogens is 3. The largest absolute Gasteiger partial charge is 0.416 e. The van der Waals surface area contributed by atoms with E-state index in [-0.39, 0.29) is 6.04 Å². The lowest BCUT2D eigenvalue weighted by Gasteiger charge is -2.40. The fourth-order valence-electron chi connectivity index (χ4n) is 3.16. The molecule has 0 radical (unpaired) electrons. The Hall–Kier alpha value is -0.810.